The molecule has 0 saturated carbocycles. The SMILES string of the molecule is CC[C@@H](C)NC(=O)COC(=O)CN1C(=O)N[C@](C)(c2ccccc2)C1=O. The minimum absolute atomic E-state index is 0.0290. The van der Waals surface area contributed by atoms with Crippen molar-refractivity contribution in [2.45, 2.75) is 38.8 Å². The molecule has 1 saturated heterocycles. The summed E-state index contributed by atoms with van der Waals surface area (Å²) in [5.74, 6) is -1.81. The van der Waals surface area contributed by atoms with Crippen molar-refractivity contribution in [1.82, 2.24) is 15.5 Å². The number of amides is 4. The molecule has 0 spiro atoms. The summed E-state index contributed by atoms with van der Waals surface area (Å²) >= 11 is 0. The molecular formula is C18H23N3O5. The molecular weight excluding hydrogens is 338 g/mol. The maximum absolute atomic E-state index is 12.7. The molecule has 1 aromatic rings. The number of carbonyl (C=O) groups is 4. The molecule has 8 heteroatoms. The summed E-state index contributed by atoms with van der Waals surface area (Å²) in [4.78, 5) is 49.1. The van der Waals surface area contributed by atoms with Crippen LogP contribution in [0.5, 0.6) is 0 Å². The Balaban J connectivity index is 1.95. The predicted octanol–water partition coefficient (Wildman–Crippen LogP) is 0.911. The van der Waals surface area contributed by atoms with Gasteiger partial charge in [0.1, 0.15) is 12.1 Å². The molecule has 0 aromatic heterocycles. The number of nitrogens with one attached hydrogen (secondary N) is 2. The molecule has 0 aliphatic carbocycles. The Kier molecular flexibility index (Phi) is 5.97. The van der Waals surface area contributed by atoms with Crippen LogP contribution in [-0.2, 0) is 24.7 Å². The van der Waals surface area contributed by atoms with Crippen molar-refractivity contribution in [2.24, 2.45) is 0 Å². The highest BCUT2D eigenvalue weighted by Gasteiger charge is 2.49. The third-order valence-corrected chi connectivity index (χ3v) is 4.30. The molecule has 0 unspecified atom stereocenters. The van der Waals surface area contributed by atoms with Gasteiger partial charge in [-0.1, -0.05) is 37.3 Å². The average Bonchev–Trinajstić information content (AvgIpc) is 2.84. The van der Waals surface area contributed by atoms with Gasteiger partial charge < -0.3 is 15.4 Å². The largest absolute Gasteiger partial charge is 0.454 e. The Labute approximate surface area is 151 Å². The third kappa shape index (κ3) is 4.19. The highest BCUT2D eigenvalue weighted by atomic mass is 16.5. The number of rotatable bonds is 7. The van der Waals surface area contributed by atoms with E-state index < -0.39 is 42.5 Å². The Morgan fingerprint density at radius 3 is 2.54 bits per heavy atom. The van der Waals surface area contributed by atoms with Crippen LogP contribution >= 0.6 is 0 Å². The zero-order valence-corrected chi connectivity index (χ0v) is 15.1. The van der Waals surface area contributed by atoms with E-state index in [9.17, 15) is 19.2 Å². The molecule has 1 aliphatic rings. The molecule has 1 fully saturated rings. The maximum Gasteiger partial charge on any atom is 0.326 e. The van der Waals surface area contributed by atoms with Crippen molar-refractivity contribution in [3.05, 3.63) is 35.9 Å². The van der Waals surface area contributed by atoms with E-state index in [0.717, 1.165) is 11.3 Å². The van der Waals surface area contributed by atoms with Crippen molar-refractivity contribution in [3.63, 3.8) is 0 Å². The van der Waals surface area contributed by atoms with E-state index in [1.54, 1.807) is 37.3 Å². The van der Waals surface area contributed by atoms with Crippen LogP contribution < -0.4 is 10.6 Å². The normalized spacial score (nSPS) is 20.5. The van der Waals surface area contributed by atoms with Crippen LogP contribution in [0.15, 0.2) is 30.3 Å². The van der Waals surface area contributed by atoms with Gasteiger partial charge in [-0.15, -0.1) is 0 Å². The van der Waals surface area contributed by atoms with Crippen LogP contribution in [0.2, 0.25) is 0 Å². The minimum Gasteiger partial charge on any atom is -0.454 e. The van der Waals surface area contributed by atoms with Gasteiger partial charge in [0.15, 0.2) is 6.61 Å². The lowest BCUT2D eigenvalue weighted by atomic mass is 9.92. The number of ether oxygens (including phenoxy) is 1. The lowest BCUT2D eigenvalue weighted by Gasteiger charge is -2.21. The van der Waals surface area contributed by atoms with E-state index in [0.29, 0.717) is 5.56 Å². The van der Waals surface area contributed by atoms with Crippen LogP contribution in [0.3, 0.4) is 0 Å². The Morgan fingerprint density at radius 2 is 1.92 bits per heavy atom. The zero-order valence-electron chi connectivity index (χ0n) is 15.1. The molecule has 4 amide bonds. The highest BCUT2D eigenvalue weighted by Crippen LogP contribution is 2.28. The van der Waals surface area contributed by atoms with Gasteiger partial charge >= 0.3 is 12.0 Å². The predicted molar refractivity (Wildman–Crippen MR) is 92.9 cm³/mol. The first-order chi connectivity index (χ1) is 12.3. The monoisotopic (exact) mass is 361 g/mol. The first-order valence-corrected chi connectivity index (χ1v) is 8.42. The summed E-state index contributed by atoms with van der Waals surface area (Å²) in [5.41, 5.74) is -0.630. The summed E-state index contributed by atoms with van der Waals surface area (Å²) in [5, 5.41) is 5.26. The van der Waals surface area contributed by atoms with Crippen LogP contribution in [0.25, 0.3) is 0 Å². The van der Waals surface area contributed by atoms with E-state index in [1.807, 2.05) is 13.8 Å². The van der Waals surface area contributed by atoms with Gasteiger partial charge in [-0.05, 0) is 25.8 Å². The summed E-state index contributed by atoms with van der Waals surface area (Å²) < 4.78 is 4.86. The number of nitrogens with zero attached hydrogens (tertiary/aromatic N) is 1. The van der Waals surface area contributed by atoms with Crippen LogP contribution in [0.1, 0.15) is 32.8 Å². The van der Waals surface area contributed by atoms with Crippen molar-refractivity contribution in [3.8, 4) is 0 Å². The molecule has 2 rings (SSSR count). The molecule has 1 aliphatic heterocycles. The van der Waals surface area contributed by atoms with Crippen LogP contribution in [0, 0.1) is 0 Å². The molecule has 1 heterocycles. The van der Waals surface area contributed by atoms with Gasteiger partial charge in [-0.3, -0.25) is 19.3 Å². The number of hydrogen-bond donors (Lipinski definition) is 2. The van der Waals surface area contributed by atoms with Crippen molar-refractivity contribution < 1.29 is 23.9 Å². The topological polar surface area (TPSA) is 105 Å². The standard InChI is InChI=1S/C18H23N3O5/c1-4-12(2)19-14(22)11-26-15(23)10-21-16(24)18(3,20-17(21)25)13-8-6-5-7-9-13/h5-9,12H,4,10-11H2,1-3H3,(H,19,22)(H,20,25)/t12-,18-/m1/s1. The molecule has 2 N–H and O–H groups in total. The highest BCUT2D eigenvalue weighted by molar-refractivity contribution is 6.08. The van der Waals surface area contributed by atoms with Gasteiger partial charge in [0.2, 0.25) is 0 Å². The number of carbonyl (C=O) groups excluding carboxylic acids is 4. The van der Waals surface area contributed by atoms with Crippen LogP contribution in [-0.4, -0.2) is 47.9 Å². The van der Waals surface area contributed by atoms with E-state index in [1.165, 1.54) is 0 Å². The Morgan fingerprint density at radius 1 is 1.27 bits per heavy atom. The summed E-state index contributed by atoms with van der Waals surface area (Å²) in [6.07, 6.45) is 0.750. The number of urea groups is 1. The minimum atomic E-state index is -1.24. The van der Waals surface area contributed by atoms with Gasteiger partial charge in [0.05, 0.1) is 0 Å². The zero-order chi connectivity index (χ0) is 19.3. The smallest absolute Gasteiger partial charge is 0.326 e. The summed E-state index contributed by atoms with van der Waals surface area (Å²) in [7, 11) is 0. The van der Waals surface area contributed by atoms with E-state index in [4.69, 9.17) is 4.74 Å². The van der Waals surface area contributed by atoms with E-state index in [-0.39, 0.29) is 6.04 Å². The van der Waals surface area contributed by atoms with Crippen molar-refractivity contribution in [1.29, 1.82) is 0 Å². The molecule has 140 valence electrons. The van der Waals surface area contributed by atoms with E-state index in [2.05, 4.69) is 10.6 Å². The second-order valence-corrected chi connectivity index (χ2v) is 6.35. The van der Waals surface area contributed by atoms with Crippen LogP contribution in [0.4, 0.5) is 4.79 Å². The summed E-state index contributed by atoms with van der Waals surface area (Å²) in [6.45, 7) is 4.32. The maximum atomic E-state index is 12.7. The molecule has 26 heavy (non-hydrogen) atoms. The molecule has 8 nitrogen and oxygen atoms in total. The second-order valence-electron chi connectivity index (χ2n) is 6.35. The quantitative estimate of drug-likeness (QED) is 0.555. The lowest BCUT2D eigenvalue weighted by Crippen LogP contribution is -2.42. The molecule has 0 bridgehead atoms. The fourth-order valence-electron chi connectivity index (χ4n) is 2.55. The fourth-order valence-corrected chi connectivity index (χ4v) is 2.55. The number of imide groups is 1. The first kappa shape index (κ1) is 19.4. The Bertz CT molecular complexity index is 706. The molecule has 0 radical (unpaired) electrons. The van der Waals surface area contributed by atoms with Crippen molar-refractivity contribution in [2.75, 3.05) is 13.2 Å². The number of hydrogen-bond acceptors (Lipinski definition) is 5. The fraction of sp³-hybridized carbons (Fsp3) is 0.444. The van der Waals surface area contributed by atoms with Gasteiger partial charge in [0.25, 0.3) is 11.8 Å². The van der Waals surface area contributed by atoms with E-state index >= 15 is 0 Å². The van der Waals surface area contributed by atoms with Gasteiger partial charge in [-0.25, -0.2) is 4.79 Å². The molecule has 2 atom stereocenters. The lowest BCUT2D eigenvalue weighted by molar-refractivity contribution is -0.151. The summed E-state index contributed by atoms with van der Waals surface area (Å²) in [6, 6.07) is 8.05. The molecule has 1 aromatic carbocycles. The number of esters is 1. The second kappa shape index (κ2) is 7.99. The number of benzene rings is 1. The van der Waals surface area contributed by atoms with Crippen molar-refractivity contribution >= 4 is 23.8 Å². The Hall–Kier alpha value is -2.90. The van der Waals surface area contributed by atoms with Gasteiger partial charge in [-0.2, -0.15) is 0 Å². The third-order valence-electron chi connectivity index (χ3n) is 4.30. The average molecular weight is 361 g/mol. The van der Waals surface area contributed by atoms with Gasteiger partial charge in [0, 0.05) is 6.04 Å². The first-order valence-electron chi connectivity index (χ1n) is 8.42.